The maximum atomic E-state index is 14.7. The number of rotatable bonds is 8. The fraction of sp³-hybridized carbons (Fsp3) is 0.600. The maximum Gasteiger partial charge on any atom is 0.313 e. The van der Waals surface area contributed by atoms with Crippen molar-refractivity contribution in [3.8, 4) is 0 Å². The van der Waals surface area contributed by atoms with E-state index in [-0.39, 0.29) is 30.8 Å². The normalized spacial score (nSPS) is 33.7. The van der Waals surface area contributed by atoms with Crippen molar-refractivity contribution in [3.63, 3.8) is 0 Å². The minimum Gasteiger partial charge on any atom is -0.455 e. The predicted octanol–water partition coefficient (Wildman–Crippen LogP) is 4.03. The lowest BCUT2D eigenvalue weighted by molar-refractivity contribution is -0.162. The highest BCUT2D eigenvalue weighted by atomic mass is 79.9. The lowest BCUT2D eigenvalue weighted by Crippen LogP contribution is -2.59. The van der Waals surface area contributed by atoms with Gasteiger partial charge in [-0.3, -0.25) is 19.2 Å². The largest absolute Gasteiger partial charge is 0.455 e. The summed E-state index contributed by atoms with van der Waals surface area (Å²) in [7, 11) is 0. The van der Waals surface area contributed by atoms with Crippen LogP contribution in [0.25, 0.3) is 0 Å². The SMILES string of the molecule is CCCCN1C/C=C\CCC(=O)N[C@H](C)[C@@H](c2ccccc2)OC(=O)[C@@H]2[C@H]3O[C@@]4(C=C3Br)[C@H](C1=O)N([C@@H](CO)[C@@H](C)CC)C(=O)[C@@H]24. The monoisotopic (exact) mass is 699 g/mol. The Balaban J connectivity index is 1.64. The molecule has 0 aliphatic carbocycles. The molecule has 5 bridgehead atoms. The number of allylic oxidation sites excluding steroid dienone is 1. The lowest BCUT2D eigenvalue weighted by Gasteiger charge is -2.40. The minimum atomic E-state index is -1.42. The second-order valence-corrected chi connectivity index (χ2v) is 13.9. The van der Waals surface area contributed by atoms with E-state index >= 15 is 0 Å². The first-order valence-electron chi connectivity index (χ1n) is 16.6. The number of cyclic esters (lactones) is 1. The van der Waals surface area contributed by atoms with Gasteiger partial charge in [-0.05, 0) is 37.3 Å². The number of hydrogen-bond acceptors (Lipinski definition) is 7. The topological polar surface area (TPSA) is 125 Å². The first-order chi connectivity index (χ1) is 22.1. The van der Waals surface area contributed by atoms with E-state index in [4.69, 9.17) is 9.47 Å². The summed E-state index contributed by atoms with van der Waals surface area (Å²) in [6.45, 7) is 8.19. The van der Waals surface area contributed by atoms with Gasteiger partial charge in [-0.2, -0.15) is 0 Å². The fourth-order valence-corrected chi connectivity index (χ4v) is 8.17. The molecular weight excluding hydrogens is 654 g/mol. The summed E-state index contributed by atoms with van der Waals surface area (Å²) in [5, 5.41) is 13.6. The average Bonchev–Trinajstić information content (AvgIpc) is 3.64. The number of unbranched alkanes of at least 4 members (excludes halogenated alkanes) is 1. The third-order valence-electron chi connectivity index (χ3n) is 10.1. The van der Waals surface area contributed by atoms with Gasteiger partial charge in [-0.15, -0.1) is 0 Å². The number of ether oxygens (including phenoxy) is 2. The molecule has 4 heterocycles. The van der Waals surface area contributed by atoms with Crippen LogP contribution in [0.4, 0.5) is 0 Å². The number of hydrogen-bond donors (Lipinski definition) is 2. The number of carbonyl (C=O) groups excluding carboxylic acids is 4. The van der Waals surface area contributed by atoms with Gasteiger partial charge < -0.3 is 29.7 Å². The van der Waals surface area contributed by atoms with Crippen molar-refractivity contribution in [2.45, 2.75) is 95.7 Å². The molecule has 10 nitrogen and oxygen atoms in total. The van der Waals surface area contributed by atoms with Crippen LogP contribution in [0.2, 0.25) is 0 Å². The van der Waals surface area contributed by atoms with E-state index in [1.807, 2.05) is 63.3 Å². The molecule has 46 heavy (non-hydrogen) atoms. The summed E-state index contributed by atoms with van der Waals surface area (Å²) in [4.78, 5) is 59.9. The molecule has 1 aromatic carbocycles. The van der Waals surface area contributed by atoms with E-state index in [1.54, 1.807) is 17.9 Å². The summed E-state index contributed by atoms with van der Waals surface area (Å²) < 4.78 is 13.4. The zero-order valence-electron chi connectivity index (χ0n) is 27.1. The third-order valence-corrected chi connectivity index (χ3v) is 10.7. The van der Waals surface area contributed by atoms with Crippen LogP contribution in [0, 0.1) is 17.8 Å². The molecule has 3 amide bonds. The van der Waals surface area contributed by atoms with Crippen LogP contribution in [0.1, 0.15) is 71.5 Å². The minimum absolute atomic E-state index is 0.122. The van der Waals surface area contributed by atoms with Gasteiger partial charge in [0.15, 0.2) is 0 Å². The van der Waals surface area contributed by atoms with Crippen molar-refractivity contribution < 1.29 is 33.8 Å². The molecule has 0 saturated carbocycles. The molecule has 4 aliphatic heterocycles. The maximum absolute atomic E-state index is 14.7. The van der Waals surface area contributed by atoms with Crippen LogP contribution in [0.3, 0.4) is 0 Å². The molecule has 2 saturated heterocycles. The highest BCUT2D eigenvalue weighted by molar-refractivity contribution is 9.11. The van der Waals surface area contributed by atoms with Crippen LogP contribution in [-0.2, 0) is 28.7 Å². The molecule has 9 atom stereocenters. The van der Waals surface area contributed by atoms with E-state index in [0.717, 1.165) is 12.8 Å². The van der Waals surface area contributed by atoms with E-state index in [0.29, 0.717) is 36.0 Å². The third kappa shape index (κ3) is 6.18. The second kappa shape index (κ2) is 14.4. The Morgan fingerprint density at radius 2 is 1.83 bits per heavy atom. The van der Waals surface area contributed by atoms with Crippen LogP contribution in [-0.4, -0.2) is 88.1 Å². The van der Waals surface area contributed by atoms with E-state index in [2.05, 4.69) is 21.2 Å². The molecule has 11 heteroatoms. The first-order valence-corrected chi connectivity index (χ1v) is 17.4. The van der Waals surface area contributed by atoms with Crippen molar-refractivity contribution in [2.24, 2.45) is 17.8 Å². The molecule has 1 spiro atoms. The summed E-state index contributed by atoms with van der Waals surface area (Å²) >= 11 is 3.61. The molecule has 1 aromatic rings. The van der Waals surface area contributed by atoms with Crippen LogP contribution in [0.5, 0.6) is 0 Å². The number of benzene rings is 1. The zero-order valence-corrected chi connectivity index (χ0v) is 28.6. The number of aliphatic hydroxyl groups is 1. The number of amides is 3. The summed E-state index contributed by atoms with van der Waals surface area (Å²) in [6, 6.07) is 6.90. The van der Waals surface area contributed by atoms with Crippen LogP contribution in [0.15, 0.2) is 53.0 Å². The molecule has 0 unspecified atom stereocenters. The molecule has 4 aliphatic rings. The Labute approximate surface area is 279 Å². The Hall–Kier alpha value is -3.02. The van der Waals surface area contributed by atoms with Crippen LogP contribution >= 0.6 is 15.9 Å². The molecule has 2 N–H and O–H groups in total. The Kier molecular flexibility index (Phi) is 10.7. The van der Waals surface area contributed by atoms with Crippen molar-refractivity contribution in [3.05, 3.63) is 58.6 Å². The van der Waals surface area contributed by atoms with E-state index in [9.17, 15) is 24.3 Å². The van der Waals surface area contributed by atoms with E-state index in [1.165, 1.54) is 4.90 Å². The van der Waals surface area contributed by atoms with Gasteiger partial charge in [0.2, 0.25) is 17.7 Å². The zero-order chi connectivity index (χ0) is 33.2. The molecule has 250 valence electrons. The van der Waals surface area contributed by atoms with Gasteiger partial charge in [0.05, 0.1) is 24.6 Å². The summed E-state index contributed by atoms with van der Waals surface area (Å²) in [5.41, 5.74) is -0.724. The summed E-state index contributed by atoms with van der Waals surface area (Å²) in [5.74, 6) is -3.71. The Bertz CT molecular complexity index is 1370. The van der Waals surface area contributed by atoms with Crippen molar-refractivity contribution in [2.75, 3.05) is 19.7 Å². The molecular formula is C35H46BrN3O7. The van der Waals surface area contributed by atoms with Crippen molar-refractivity contribution in [1.82, 2.24) is 15.1 Å². The van der Waals surface area contributed by atoms with Gasteiger partial charge in [0, 0.05) is 24.0 Å². The van der Waals surface area contributed by atoms with Gasteiger partial charge >= 0.3 is 5.97 Å². The Morgan fingerprint density at radius 3 is 2.50 bits per heavy atom. The molecule has 0 radical (unpaired) electrons. The highest BCUT2D eigenvalue weighted by Gasteiger charge is 2.75. The molecule has 0 aromatic heterocycles. The number of aliphatic hydroxyl groups excluding tert-OH is 1. The second-order valence-electron chi connectivity index (χ2n) is 13.0. The number of nitrogens with zero attached hydrogens (tertiary/aromatic N) is 2. The van der Waals surface area contributed by atoms with Crippen LogP contribution < -0.4 is 5.32 Å². The van der Waals surface area contributed by atoms with Gasteiger partial charge in [0.1, 0.15) is 29.8 Å². The predicted molar refractivity (Wildman–Crippen MR) is 175 cm³/mol. The van der Waals surface area contributed by atoms with Crippen molar-refractivity contribution in [1.29, 1.82) is 0 Å². The first kappa shape index (κ1) is 34.3. The smallest absolute Gasteiger partial charge is 0.313 e. The highest BCUT2D eigenvalue weighted by Crippen LogP contribution is 2.59. The van der Waals surface area contributed by atoms with E-state index < -0.39 is 59.6 Å². The number of esters is 1. The number of halogens is 1. The van der Waals surface area contributed by atoms with Gasteiger partial charge in [-0.1, -0.05) is 92.0 Å². The number of likely N-dealkylation sites (tertiary alicyclic amines) is 1. The summed E-state index contributed by atoms with van der Waals surface area (Å²) in [6.07, 6.45) is 6.90. The fourth-order valence-electron chi connectivity index (χ4n) is 7.43. The van der Waals surface area contributed by atoms with Gasteiger partial charge in [0.25, 0.3) is 0 Å². The quantitative estimate of drug-likeness (QED) is 0.310. The number of nitrogens with one attached hydrogen (secondary N) is 1. The lowest BCUT2D eigenvalue weighted by atomic mass is 9.74. The number of carbonyl (C=O) groups is 4. The molecule has 2 fully saturated rings. The van der Waals surface area contributed by atoms with Crippen molar-refractivity contribution >= 4 is 39.6 Å². The Morgan fingerprint density at radius 1 is 1.09 bits per heavy atom. The van der Waals surface area contributed by atoms with Gasteiger partial charge in [-0.25, -0.2) is 0 Å². The molecule has 5 rings (SSSR count). The average molecular weight is 701 g/mol. The standard InChI is InChI=1S/C35H46BrN3O7/c1-5-7-17-38-18-13-9-12-16-26(41)37-22(4)29(23-14-10-8-11-15-23)45-34(44)27-28-32(42)39(25(20-40)21(3)6-2)31(33(38)43)35(28)19-24(36)30(27)46-35/h8-11,13-15,19,21-22,25,27-31,40H,5-7,12,16-18,20H2,1-4H3,(H,37,41)/b13-9-/t21-,22+,25-,27-,28+,29-,30-,31-,35+/m0/s1. The number of fused-ring (bicyclic) bond motifs is 2.